The first-order valence-electron chi connectivity index (χ1n) is 4.38. The van der Waals surface area contributed by atoms with Crippen LogP contribution in [0.5, 0.6) is 0 Å². The Hall–Kier alpha value is -0.750. The van der Waals surface area contributed by atoms with Crippen molar-refractivity contribution in [1.29, 1.82) is 0 Å². The molecule has 0 saturated carbocycles. The molecule has 0 fully saturated rings. The fourth-order valence-electron chi connectivity index (χ4n) is 1.08. The standard InChI is InChI=1S/C8H16N4O.BrH/c1-3-12-8(7(9)5-11-12)10-4-6(2)13;/h5-6,10,13H,3-4,9H2,1-2H3;1H. The summed E-state index contributed by atoms with van der Waals surface area (Å²) in [5.41, 5.74) is 6.29. The minimum atomic E-state index is -0.389. The van der Waals surface area contributed by atoms with E-state index in [-0.39, 0.29) is 23.1 Å². The molecule has 0 aromatic carbocycles. The molecule has 6 heteroatoms. The summed E-state index contributed by atoms with van der Waals surface area (Å²) in [5, 5.41) is 16.2. The lowest BCUT2D eigenvalue weighted by Crippen LogP contribution is -2.18. The van der Waals surface area contributed by atoms with Crippen molar-refractivity contribution >= 4 is 28.5 Å². The molecule has 0 aliphatic carbocycles. The topological polar surface area (TPSA) is 76.1 Å². The molecule has 4 N–H and O–H groups in total. The average molecular weight is 265 g/mol. The molecule has 1 atom stereocenters. The van der Waals surface area contributed by atoms with Gasteiger partial charge in [0.05, 0.1) is 18.0 Å². The van der Waals surface area contributed by atoms with E-state index in [0.717, 1.165) is 12.4 Å². The van der Waals surface area contributed by atoms with Gasteiger partial charge in [0.1, 0.15) is 5.82 Å². The minimum absolute atomic E-state index is 0. The van der Waals surface area contributed by atoms with E-state index < -0.39 is 0 Å². The molecule has 0 amide bonds. The zero-order chi connectivity index (χ0) is 9.84. The Labute approximate surface area is 94.1 Å². The molecule has 0 aliphatic heterocycles. The van der Waals surface area contributed by atoms with Crippen LogP contribution in [-0.2, 0) is 6.54 Å². The number of aryl methyl sites for hydroxylation is 1. The number of rotatable bonds is 4. The molecule has 1 heterocycles. The lowest BCUT2D eigenvalue weighted by Gasteiger charge is -2.10. The summed E-state index contributed by atoms with van der Waals surface area (Å²) in [5.74, 6) is 0.781. The maximum Gasteiger partial charge on any atom is 0.147 e. The van der Waals surface area contributed by atoms with Gasteiger partial charge < -0.3 is 16.2 Å². The summed E-state index contributed by atoms with van der Waals surface area (Å²) in [4.78, 5) is 0. The van der Waals surface area contributed by atoms with Gasteiger partial charge in [-0.1, -0.05) is 0 Å². The maximum absolute atomic E-state index is 9.07. The third-order valence-corrected chi connectivity index (χ3v) is 1.73. The number of nitrogens with two attached hydrogens (primary N) is 1. The lowest BCUT2D eigenvalue weighted by molar-refractivity contribution is 0.208. The number of aliphatic hydroxyl groups excluding tert-OH is 1. The first-order chi connectivity index (χ1) is 6.15. The normalized spacial score (nSPS) is 11.9. The van der Waals surface area contributed by atoms with Crippen LogP contribution in [-0.4, -0.2) is 27.5 Å². The second kappa shape index (κ2) is 5.87. The van der Waals surface area contributed by atoms with Crippen LogP contribution in [0.4, 0.5) is 11.5 Å². The molecule has 5 nitrogen and oxygen atoms in total. The van der Waals surface area contributed by atoms with Crippen molar-refractivity contribution in [3.8, 4) is 0 Å². The number of hydrogen-bond acceptors (Lipinski definition) is 4. The van der Waals surface area contributed by atoms with E-state index in [2.05, 4.69) is 10.4 Å². The Balaban J connectivity index is 0.00000169. The first-order valence-corrected chi connectivity index (χ1v) is 4.38. The number of aliphatic hydroxyl groups is 1. The number of nitrogen functional groups attached to an aromatic ring is 1. The van der Waals surface area contributed by atoms with Gasteiger partial charge in [-0.3, -0.25) is 0 Å². The second-order valence-corrected chi connectivity index (χ2v) is 2.99. The summed E-state index contributed by atoms with van der Waals surface area (Å²) < 4.78 is 1.76. The second-order valence-electron chi connectivity index (χ2n) is 2.99. The monoisotopic (exact) mass is 264 g/mol. The van der Waals surface area contributed by atoms with E-state index in [1.54, 1.807) is 17.8 Å². The highest BCUT2D eigenvalue weighted by molar-refractivity contribution is 8.93. The van der Waals surface area contributed by atoms with Crippen molar-refractivity contribution in [3.63, 3.8) is 0 Å². The molecule has 1 aromatic rings. The van der Waals surface area contributed by atoms with Crippen LogP contribution in [0.15, 0.2) is 6.20 Å². The van der Waals surface area contributed by atoms with Crippen molar-refractivity contribution in [3.05, 3.63) is 6.20 Å². The van der Waals surface area contributed by atoms with Crippen LogP contribution in [0.2, 0.25) is 0 Å². The van der Waals surface area contributed by atoms with Gasteiger partial charge in [0.2, 0.25) is 0 Å². The van der Waals surface area contributed by atoms with Gasteiger partial charge in [-0.15, -0.1) is 17.0 Å². The van der Waals surface area contributed by atoms with E-state index in [9.17, 15) is 0 Å². The van der Waals surface area contributed by atoms with E-state index in [1.165, 1.54) is 0 Å². The van der Waals surface area contributed by atoms with Gasteiger partial charge >= 0.3 is 0 Å². The average Bonchev–Trinajstić information content (AvgIpc) is 2.43. The number of hydrogen-bond donors (Lipinski definition) is 3. The minimum Gasteiger partial charge on any atom is -0.394 e. The quantitative estimate of drug-likeness (QED) is 0.754. The van der Waals surface area contributed by atoms with E-state index in [0.29, 0.717) is 12.2 Å². The Bertz CT molecular complexity index is 274. The van der Waals surface area contributed by atoms with Gasteiger partial charge in [-0.2, -0.15) is 5.10 Å². The number of nitrogens with zero attached hydrogens (tertiary/aromatic N) is 2. The summed E-state index contributed by atoms with van der Waals surface area (Å²) >= 11 is 0. The van der Waals surface area contributed by atoms with Crippen LogP contribution >= 0.6 is 17.0 Å². The summed E-state index contributed by atoms with van der Waals surface area (Å²) in [6, 6.07) is 0. The largest absolute Gasteiger partial charge is 0.394 e. The lowest BCUT2D eigenvalue weighted by atomic mass is 10.4. The SMILES string of the molecule is Br.CCn1ncc(N)c1NCC(C)O. The highest BCUT2D eigenvalue weighted by Gasteiger charge is 2.06. The zero-order valence-electron chi connectivity index (χ0n) is 8.40. The Morgan fingerprint density at radius 3 is 2.86 bits per heavy atom. The molecule has 0 spiro atoms. The summed E-state index contributed by atoms with van der Waals surface area (Å²) in [6.07, 6.45) is 1.22. The molecule has 1 aromatic heterocycles. The fourth-order valence-corrected chi connectivity index (χ4v) is 1.08. The van der Waals surface area contributed by atoms with Crippen LogP contribution < -0.4 is 11.1 Å². The van der Waals surface area contributed by atoms with Gasteiger partial charge in [0, 0.05) is 13.1 Å². The van der Waals surface area contributed by atoms with Crippen molar-refractivity contribution in [1.82, 2.24) is 9.78 Å². The molecule has 0 radical (unpaired) electrons. The van der Waals surface area contributed by atoms with Crippen molar-refractivity contribution in [2.24, 2.45) is 0 Å². The molecule has 1 unspecified atom stereocenters. The number of halogens is 1. The molecule has 0 bridgehead atoms. The maximum atomic E-state index is 9.07. The first kappa shape index (κ1) is 13.2. The van der Waals surface area contributed by atoms with Crippen molar-refractivity contribution in [2.45, 2.75) is 26.5 Å². The fraction of sp³-hybridized carbons (Fsp3) is 0.625. The molecular weight excluding hydrogens is 248 g/mol. The molecular formula is C8H17BrN4O. The van der Waals surface area contributed by atoms with E-state index in [1.807, 2.05) is 6.92 Å². The summed E-state index contributed by atoms with van der Waals surface area (Å²) in [6.45, 7) is 4.95. The third kappa shape index (κ3) is 3.19. The predicted molar refractivity (Wildman–Crippen MR) is 62.8 cm³/mol. The Kier molecular flexibility index (Phi) is 5.56. The Morgan fingerprint density at radius 1 is 1.71 bits per heavy atom. The summed E-state index contributed by atoms with van der Waals surface area (Å²) in [7, 11) is 0. The van der Waals surface area contributed by atoms with Crippen LogP contribution in [0.25, 0.3) is 0 Å². The van der Waals surface area contributed by atoms with Crippen molar-refractivity contribution in [2.75, 3.05) is 17.6 Å². The molecule has 0 saturated heterocycles. The smallest absolute Gasteiger partial charge is 0.147 e. The van der Waals surface area contributed by atoms with Crippen LogP contribution in [0.1, 0.15) is 13.8 Å². The van der Waals surface area contributed by atoms with Crippen LogP contribution in [0, 0.1) is 0 Å². The molecule has 0 aliphatic rings. The van der Waals surface area contributed by atoms with E-state index in [4.69, 9.17) is 10.8 Å². The van der Waals surface area contributed by atoms with Crippen molar-refractivity contribution < 1.29 is 5.11 Å². The van der Waals surface area contributed by atoms with Gasteiger partial charge in [-0.25, -0.2) is 4.68 Å². The number of aromatic nitrogens is 2. The van der Waals surface area contributed by atoms with Gasteiger partial charge in [-0.05, 0) is 13.8 Å². The zero-order valence-corrected chi connectivity index (χ0v) is 10.1. The molecule has 1 rings (SSSR count). The van der Waals surface area contributed by atoms with E-state index >= 15 is 0 Å². The molecule has 14 heavy (non-hydrogen) atoms. The number of anilines is 2. The molecule has 82 valence electrons. The predicted octanol–water partition coefficient (Wildman–Crippen LogP) is 0.856. The highest BCUT2D eigenvalue weighted by Crippen LogP contribution is 2.16. The highest BCUT2D eigenvalue weighted by atomic mass is 79.9. The van der Waals surface area contributed by atoms with Crippen LogP contribution in [0.3, 0.4) is 0 Å². The van der Waals surface area contributed by atoms with Gasteiger partial charge in [0.25, 0.3) is 0 Å². The Morgan fingerprint density at radius 2 is 2.36 bits per heavy atom. The van der Waals surface area contributed by atoms with Gasteiger partial charge in [0.15, 0.2) is 0 Å². The number of nitrogens with one attached hydrogen (secondary N) is 1. The third-order valence-electron chi connectivity index (χ3n) is 1.73.